The molecule has 0 amide bonds. The maximum atomic E-state index is 9.40. The van der Waals surface area contributed by atoms with E-state index >= 15 is 0 Å². The molecule has 0 aliphatic carbocycles. The molecular formula is C12H16ClO2. The van der Waals surface area contributed by atoms with Gasteiger partial charge in [0.05, 0.1) is 17.7 Å². The maximum absolute atomic E-state index is 9.40. The zero-order valence-electron chi connectivity index (χ0n) is 9.03. The Kier molecular flexibility index (Phi) is 4.43. The Hall–Kier alpha value is -0.730. The maximum Gasteiger partial charge on any atom is 0.137 e. The monoisotopic (exact) mass is 227 g/mol. The largest absolute Gasteiger partial charge is 0.492 e. The van der Waals surface area contributed by atoms with Crippen LogP contribution in [0.1, 0.15) is 25.3 Å². The molecule has 0 fully saturated rings. The minimum Gasteiger partial charge on any atom is -0.492 e. The highest BCUT2D eigenvalue weighted by atomic mass is 35.5. The highest BCUT2D eigenvalue weighted by Gasteiger charge is 2.13. The number of aliphatic hydroxyl groups excluding tert-OH is 1. The zero-order valence-corrected chi connectivity index (χ0v) is 9.79. The molecule has 1 aromatic rings. The van der Waals surface area contributed by atoms with E-state index in [0.717, 1.165) is 5.56 Å². The van der Waals surface area contributed by atoms with Crippen molar-refractivity contribution in [1.29, 1.82) is 0 Å². The lowest BCUT2D eigenvalue weighted by atomic mass is 9.96. The normalized spacial score (nSPS) is 14.7. The molecule has 0 spiro atoms. The predicted octanol–water partition coefficient (Wildman–Crippen LogP) is 3.04. The van der Waals surface area contributed by atoms with Crippen LogP contribution in [0.5, 0.6) is 5.75 Å². The first-order valence-electron chi connectivity index (χ1n) is 4.99. The first-order valence-corrected chi connectivity index (χ1v) is 5.37. The van der Waals surface area contributed by atoms with Crippen LogP contribution >= 0.6 is 11.6 Å². The fourth-order valence-corrected chi connectivity index (χ4v) is 1.54. The Labute approximate surface area is 95.8 Å². The van der Waals surface area contributed by atoms with Crippen LogP contribution < -0.4 is 4.74 Å². The molecular weight excluding hydrogens is 212 g/mol. The topological polar surface area (TPSA) is 29.5 Å². The van der Waals surface area contributed by atoms with Crippen LogP contribution in [0.25, 0.3) is 0 Å². The van der Waals surface area contributed by atoms with Gasteiger partial charge in [-0.15, -0.1) is 0 Å². The van der Waals surface area contributed by atoms with Crippen molar-refractivity contribution in [2.75, 3.05) is 6.61 Å². The SMILES string of the molecule is [CH2]C(c1ccc(OCC)c(Cl)c1)C(C)O. The molecule has 0 aromatic heterocycles. The first-order chi connectivity index (χ1) is 7.06. The molecule has 0 saturated heterocycles. The zero-order chi connectivity index (χ0) is 11.4. The molecule has 15 heavy (non-hydrogen) atoms. The van der Waals surface area contributed by atoms with Crippen LogP contribution in [0.2, 0.25) is 5.02 Å². The van der Waals surface area contributed by atoms with E-state index < -0.39 is 6.10 Å². The highest BCUT2D eigenvalue weighted by molar-refractivity contribution is 6.32. The van der Waals surface area contributed by atoms with E-state index in [4.69, 9.17) is 16.3 Å². The summed E-state index contributed by atoms with van der Waals surface area (Å²) in [5.74, 6) is 0.499. The minimum absolute atomic E-state index is 0.168. The summed E-state index contributed by atoms with van der Waals surface area (Å²) in [5, 5.41) is 9.96. The predicted molar refractivity (Wildman–Crippen MR) is 62.4 cm³/mol. The third-order valence-electron chi connectivity index (χ3n) is 2.27. The number of ether oxygens (including phenoxy) is 1. The van der Waals surface area contributed by atoms with Crippen LogP contribution in [0.15, 0.2) is 18.2 Å². The fraction of sp³-hybridized carbons (Fsp3) is 0.417. The van der Waals surface area contributed by atoms with Gasteiger partial charge in [-0.2, -0.15) is 0 Å². The second-order valence-corrected chi connectivity index (χ2v) is 3.88. The Morgan fingerprint density at radius 2 is 2.20 bits per heavy atom. The van der Waals surface area contributed by atoms with Crippen LogP contribution in [0, 0.1) is 6.92 Å². The molecule has 83 valence electrons. The van der Waals surface area contributed by atoms with E-state index in [1.807, 2.05) is 19.1 Å². The summed E-state index contributed by atoms with van der Waals surface area (Å²) in [6, 6.07) is 5.47. The third kappa shape index (κ3) is 3.11. The summed E-state index contributed by atoms with van der Waals surface area (Å²) >= 11 is 6.02. The second-order valence-electron chi connectivity index (χ2n) is 3.47. The molecule has 1 rings (SSSR count). The lowest BCUT2D eigenvalue weighted by Gasteiger charge is -2.16. The van der Waals surface area contributed by atoms with Gasteiger partial charge in [0, 0.05) is 5.92 Å². The van der Waals surface area contributed by atoms with E-state index in [2.05, 4.69) is 6.92 Å². The van der Waals surface area contributed by atoms with Gasteiger partial charge in [-0.05, 0) is 38.5 Å². The summed E-state index contributed by atoms with van der Waals surface area (Å²) in [4.78, 5) is 0. The molecule has 1 aromatic carbocycles. The van der Waals surface area contributed by atoms with Gasteiger partial charge in [-0.3, -0.25) is 0 Å². The van der Waals surface area contributed by atoms with Gasteiger partial charge in [0.15, 0.2) is 0 Å². The number of aliphatic hydroxyl groups is 1. The van der Waals surface area contributed by atoms with Crippen molar-refractivity contribution in [3.8, 4) is 5.75 Å². The Morgan fingerprint density at radius 3 is 2.67 bits per heavy atom. The van der Waals surface area contributed by atoms with Crippen molar-refractivity contribution in [2.24, 2.45) is 0 Å². The van der Waals surface area contributed by atoms with Gasteiger partial charge >= 0.3 is 0 Å². The molecule has 0 heterocycles. The number of hydrogen-bond donors (Lipinski definition) is 1. The summed E-state index contributed by atoms with van der Waals surface area (Å²) < 4.78 is 5.32. The van der Waals surface area contributed by atoms with Gasteiger partial charge in [0.1, 0.15) is 5.75 Å². The average Bonchev–Trinajstić information content (AvgIpc) is 2.20. The molecule has 0 bridgehead atoms. The second kappa shape index (κ2) is 5.38. The molecule has 0 aliphatic rings. The van der Waals surface area contributed by atoms with Crippen LogP contribution in [-0.4, -0.2) is 17.8 Å². The molecule has 2 atom stereocenters. The van der Waals surface area contributed by atoms with Crippen molar-refractivity contribution in [1.82, 2.24) is 0 Å². The number of hydrogen-bond acceptors (Lipinski definition) is 2. The Morgan fingerprint density at radius 1 is 1.53 bits per heavy atom. The number of rotatable bonds is 4. The van der Waals surface area contributed by atoms with E-state index in [-0.39, 0.29) is 5.92 Å². The van der Waals surface area contributed by atoms with Crippen LogP contribution in [0.3, 0.4) is 0 Å². The standard InChI is InChI=1S/C12H16ClO2/c1-4-15-12-6-5-10(7-11(12)13)8(2)9(3)14/h5-9,14H,2,4H2,1,3H3. The smallest absolute Gasteiger partial charge is 0.137 e. The average molecular weight is 228 g/mol. The van der Waals surface area contributed by atoms with Crippen molar-refractivity contribution < 1.29 is 9.84 Å². The van der Waals surface area contributed by atoms with Crippen LogP contribution in [-0.2, 0) is 0 Å². The molecule has 0 aliphatic heterocycles. The van der Waals surface area contributed by atoms with Crippen molar-refractivity contribution in [3.05, 3.63) is 35.7 Å². The van der Waals surface area contributed by atoms with Gasteiger partial charge in [0.25, 0.3) is 0 Å². The summed E-state index contributed by atoms with van der Waals surface area (Å²) in [6.07, 6.45) is -0.487. The molecule has 2 nitrogen and oxygen atoms in total. The summed E-state index contributed by atoms with van der Waals surface area (Å²) in [6.45, 7) is 8.08. The molecule has 1 radical (unpaired) electrons. The highest BCUT2D eigenvalue weighted by Crippen LogP contribution is 2.29. The molecule has 1 N–H and O–H groups in total. The Bertz CT molecular complexity index is 323. The minimum atomic E-state index is -0.487. The van der Waals surface area contributed by atoms with E-state index in [9.17, 15) is 5.11 Å². The van der Waals surface area contributed by atoms with Gasteiger partial charge in [-0.25, -0.2) is 0 Å². The van der Waals surface area contributed by atoms with E-state index in [0.29, 0.717) is 17.4 Å². The van der Waals surface area contributed by atoms with Gasteiger partial charge in [-0.1, -0.05) is 17.7 Å². The Balaban J connectivity index is 2.90. The number of halogens is 1. The summed E-state index contributed by atoms with van der Waals surface area (Å²) in [5.41, 5.74) is 0.915. The van der Waals surface area contributed by atoms with E-state index in [1.165, 1.54) is 0 Å². The summed E-state index contributed by atoms with van der Waals surface area (Å²) in [7, 11) is 0. The lowest BCUT2D eigenvalue weighted by molar-refractivity contribution is 0.178. The first kappa shape index (κ1) is 12.3. The molecule has 3 heteroatoms. The lowest BCUT2D eigenvalue weighted by Crippen LogP contribution is -2.11. The van der Waals surface area contributed by atoms with E-state index in [1.54, 1.807) is 13.0 Å². The fourth-order valence-electron chi connectivity index (χ4n) is 1.30. The molecule has 0 saturated carbocycles. The van der Waals surface area contributed by atoms with Crippen molar-refractivity contribution in [3.63, 3.8) is 0 Å². The quantitative estimate of drug-likeness (QED) is 0.857. The number of benzene rings is 1. The van der Waals surface area contributed by atoms with Crippen molar-refractivity contribution in [2.45, 2.75) is 25.9 Å². The third-order valence-corrected chi connectivity index (χ3v) is 2.56. The molecule has 2 unspecified atom stereocenters. The van der Waals surface area contributed by atoms with Gasteiger partial charge in [0.2, 0.25) is 0 Å². The van der Waals surface area contributed by atoms with Crippen molar-refractivity contribution >= 4 is 11.6 Å². The van der Waals surface area contributed by atoms with Crippen LogP contribution in [0.4, 0.5) is 0 Å². The van der Waals surface area contributed by atoms with Gasteiger partial charge < -0.3 is 9.84 Å².